The lowest BCUT2D eigenvalue weighted by molar-refractivity contribution is 0.0525. The van der Waals surface area contributed by atoms with Gasteiger partial charge in [-0.05, 0) is 56.2 Å². The van der Waals surface area contributed by atoms with Crippen LogP contribution in [0.4, 0.5) is 0 Å². The van der Waals surface area contributed by atoms with E-state index < -0.39 is 0 Å². The zero-order valence-electron chi connectivity index (χ0n) is 17.1. The molecule has 2 aliphatic heterocycles. The lowest BCUT2D eigenvalue weighted by Crippen LogP contribution is -2.22. The molecule has 0 saturated heterocycles. The van der Waals surface area contributed by atoms with Crippen LogP contribution in [0, 0.1) is 24.5 Å². The maximum atomic E-state index is 12.7. The third-order valence-corrected chi connectivity index (χ3v) is 5.17. The second-order valence-electron chi connectivity index (χ2n) is 7.08. The number of nitrogens with one attached hydrogen (secondary N) is 3. The Labute approximate surface area is 171 Å². The first-order chi connectivity index (χ1) is 14.4. The Morgan fingerprint density at radius 1 is 1.20 bits per heavy atom. The number of hydrogen-bond acceptors (Lipinski definition) is 4. The van der Waals surface area contributed by atoms with Gasteiger partial charge in [0, 0.05) is 39.9 Å². The van der Waals surface area contributed by atoms with Gasteiger partial charge in [0.25, 0.3) is 5.56 Å². The second-order valence-corrected chi connectivity index (χ2v) is 7.08. The Balaban J connectivity index is 1.96. The average molecular weight is 402 g/mol. The maximum Gasteiger partial charge on any atom is 0.340 e. The smallest absolute Gasteiger partial charge is 0.340 e. The van der Waals surface area contributed by atoms with Gasteiger partial charge < -0.3 is 19.7 Å². The highest BCUT2D eigenvalue weighted by Crippen LogP contribution is 2.19. The van der Waals surface area contributed by atoms with Crippen LogP contribution in [0.25, 0.3) is 23.8 Å². The molecule has 0 amide bonds. The number of nitrogens with zero attached hydrogens (tertiary/aromatic N) is 1. The number of aromatic nitrogens is 4. The summed E-state index contributed by atoms with van der Waals surface area (Å²) in [6.07, 6.45) is 5.19. The average Bonchev–Trinajstić information content (AvgIpc) is 3.17. The molecular formula is C23H22N4O3. The number of aromatic amines is 3. The van der Waals surface area contributed by atoms with Crippen LogP contribution in [0.2, 0.25) is 0 Å². The molecule has 4 heterocycles. The van der Waals surface area contributed by atoms with Crippen molar-refractivity contribution in [2.45, 2.75) is 20.8 Å². The van der Waals surface area contributed by atoms with Gasteiger partial charge in [-0.3, -0.25) is 9.78 Å². The predicted octanol–water partition coefficient (Wildman–Crippen LogP) is 1.85. The van der Waals surface area contributed by atoms with Gasteiger partial charge in [0.15, 0.2) is 0 Å². The van der Waals surface area contributed by atoms with Gasteiger partial charge in [0.2, 0.25) is 0 Å². The number of carbonyl (C=O) groups is 1. The summed E-state index contributed by atoms with van der Waals surface area (Å²) in [7, 11) is 0. The molecule has 7 nitrogen and oxygen atoms in total. The highest BCUT2D eigenvalue weighted by atomic mass is 16.5. The summed E-state index contributed by atoms with van der Waals surface area (Å²) in [6.45, 7) is 9.79. The van der Waals surface area contributed by atoms with E-state index in [0.717, 1.165) is 21.9 Å². The Morgan fingerprint density at radius 3 is 2.63 bits per heavy atom. The summed E-state index contributed by atoms with van der Waals surface area (Å²) in [5.74, 6) is -0.375. The molecule has 7 heteroatoms. The van der Waals surface area contributed by atoms with Gasteiger partial charge in [-0.25, -0.2) is 4.79 Å². The number of ether oxygens (including phenoxy) is 1. The fourth-order valence-corrected chi connectivity index (χ4v) is 3.71. The summed E-state index contributed by atoms with van der Waals surface area (Å²) >= 11 is 0. The Kier molecular flexibility index (Phi) is 4.87. The van der Waals surface area contributed by atoms with Crippen molar-refractivity contribution in [3.63, 3.8) is 0 Å². The largest absolute Gasteiger partial charge is 0.462 e. The molecule has 0 atom stereocenters. The van der Waals surface area contributed by atoms with Crippen LogP contribution in [0.1, 0.15) is 34.2 Å². The van der Waals surface area contributed by atoms with Crippen LogP contribution in [-0.2, 0) is 4.74 Å². The van der Waals surface area contributed by atoms with E-state index >= 15 is 0 Å². The van der Waals surface area contributed by atoms with Crippen LogP contribution < -0.4 is 16.1 Å². The van der Waals surface area contributed by atoms with Crippen LogP contribution in [0.5, 0.6) is 0 Å². The molecule has 152 valence electrons. The molecule has 3 N–H and O–H groups in total. The third kappa shape index (κ3) is 3.24. The molecule has 2 aromatic rings. The van der Waals surface area contributed by atoms with Gasteiger partial charge >= 0.3 is 5.97 Å². The number of hydrogen-bond donors (Lipinski definition) is 3. The number of rotatable bonds is 4. The van der Waals surface area contributed by atoms with E-state index in [4.69, 9.17) is 4.74 Å². The normalized spacial score (nSPS) is 11.9. The first-order valence-electron chi connectivity index (χ1n) is 9.63. The summed E-state index contributed by atoms with van der Waals surface area (Å²) in [5, 5.41) is 1.93. The van der Waals surface area contributed by atoms with Gasteiger partial charge in [0.05, 0.1) is 17.4 Å². The maximum absolute atomic E-state index is 12.7. The van der Waals surface area contributed by atoms with Crippen molar-refractivity contribution < 1.29 is 9.53 Å². The number of aryl methyl sites for hydroxylation is 1. The van der Waals surface area contributed by atoms with Crippen molar-refractivity contribution in [1.29, 1.82) is 0 Å². The van der Waals surface area contributed by atoms with Crippen molar-refractivity contribution in [3.05, 3.63) is 84.7 Å². The summed E-state index contributed by atoms with van der Waals surface area (Å²) in [5.41, 5.74) is 4.84. The molecule has 0 bridgehead atoms. The molecule has 30 heavy (non-hydrogen) atoms. The predicted molar refractivity (Wildman–Crippen MR) is 115 cm³/mol. The molecule has 0 radical (unpaired) electrons. The fourth-order valence-electron chi connectivity index (χ4n) is 3.71. The number of carbonyl (C=O) groups excluding carboxylic acids is 1. The quantitative estimate of drug-likeness (QED) is 0.453. The molecule has 2 aliphatic rings. The topological polar surface area (TPSA) is 104 Å². The second kappa shape index (κ2) is 7.51. The van der Waals surface area contributed by atoms with Crippen molar-refractivity contribution in [2.75, 3.05) is 6.61 Å². The van der Waals surface area contributed by atoms with Crippen molar-refractivity contribution in [2.24, 2.45) is 0 Å². The molecule has 0 fully saturated rings. The van der Waals surface area contributed by atoms with Crippen LogP contribution >= 0.6 is 0 Å². The molecular weight excluding hydrogens is 380 g/mol. The van der Waals surface area contributed by atoms with Crippen LogP contribution in [0.15, 0.2) is 35.4 Å². The zero-order chi connectivity index (χ0) is 21.4. The summed E-state index contributed by atoms with van der Waals surface area (Å²) in [4.78, 5) is 38.3. The van der Waals surface area contributed by atoms with Crippen molar-refractivity contribution >= 4 is 18.6 Å². The Morgan fingerprint density at radius 2 is 1.93 bits per heavy atom. The molecule has 0 spiro atoms. The minimum atomic E-state index is -0.375. The van der Waals surface area contributed by atoms with E-state index in [-0.39, 0.29) is 11.5 Å². The number of esters is 1. The van der Waals surface area contributed by atoms with E-state index in [0.29, 0.717) is 39.6 Å². The van der Waals surface area contributed by atoms with E-state index in [9.17, 15) is 9.59 Å². The number of pyridine rings is 1. The SMILES string of the molecule is C=c1[nH]c2[nH]c(=O)c(=Cc3[nH]c(C)c(C(=O)OCC)c3C)c=2cc1-c1ccncc1. The number of H-pyrrole nitrogens is 3. The van der Waals surface area contributed by atoms with Crippen molar-refractivity contribution in [1.82, 2.24) is 19.9 Å². The van der Waals surface area contributed by atoms with Crippen LogP contribution in [0.3, 0.4) is 0 Å². The summed E-state index contributed by atoms with van der Waals surface area (Å²) in [6, 6.07) is 5.72. The highest BCUT2D eigenvalue weighted by molar-refractivity contribution is 5.93. The van der Waals surface area contributed by atoms with Gasteiger partial charge in [-0.2, -0.15) is 0 Å². The lowest BCUT2D eigenvalue weighted by atomic mass is 10.1. The zero-order valence-corrected chi connectivity index (χ0v) is 17.1. The summed E-state index contributed by atoms with van der Waals surface area (Å²) < 4.78 is 5.15. The molecule has 0 aromatic carbocycles. The Bertz CT molecular complexity index is 1480. The third-order valence-electron chi connectivity index (χ3n) is 5.17. The van der Waals surface area contributed by atoms with Gasteiger partial charge in [0.1, 0.15) is 5.48 Å². The van der Waals surface area contributed by atoms with Crippen molar-refractivity contribution in [3.8, 4) is 11.1 Å². The van der Waals surface area contributed by atoms with E-state index in [1.807, 2.05) is 32.0 Å². The highest BCUT2D eigenvalue weighted by Gasteiger charge is 2.18. The first kappa shape index (κ1) is 19.4. The first-order valence-corrected chi connectivity index (χ1v) is 9.63. The van der Waals surface area contributed by atoms with Gasteiger partial charge in [-0.1, -0.05) is 6.58 Å². The van der Waals surface area contributed by atoms with E-state index in [1.54, 1.807) is 25.4 Å². The monoisotopic (exact) mass is 402 g/mol. The molecule has 0 unspecified atom stereocenters. The standard InChI is InChI=1S/C23H22N4O3/c1-5-30-23(29)20-12(2)19(25-14(20)4)11-18-17-10-16(15-6-8-24-9-7-15)13(3)26-21(17)27-22(18)28/h6-11,25-26H,3,5H2,1-2,4H3,(H,27,28). The minimum absolute atomic E-state index is 0.225. The van der Waals surface area contributed by atoms with Crippen LogP contribution in [-0.4, -0.2) is 32.5 Å². The fraction of sp³-hybridized carbons (Fsp3) is 0.174. The lowest BCUT2D eigenvalue weighted by Gasteiger charge is -2.02. The molecule has 0 saturated carbocycles. The minimum Gasteiger partial charge on any atom is -0.462 e. The molecule has 0 aliphatic carbocycles. The molecule has 2 aromatic heterocycles. The van der Waals surface area contributed by atoms with E-state index in [1.165, 1.54) is 0 Å². The van der Waals surface area contributed by atoms with E-state index in [2.05, 4.69) is 26.5 Å². The Hall–Kier alpha value is -3.87. The molecule has 4 rings (SSSR count). The van der Waals surface area contributed by atoms with Gasteiger partial charge in [-0.15, -0.1) is 0 Å².